The highest BCUT2D eigenvalue weighted by Crippen LogP contribution is 2.26. The molecule has 0 saturated carbocycles. The molecule has 1 N–H and O–H groups in total. The molecule has 0 bridgehead atoms. The van der Waals surface area contributed by atoms with E-state index in [1.165, 1.54) is 21.3 Å². The monoisotopic (exact) mass is 467 g/mol. The molecule has 2 aliphatic heterocycles. The summed E-state index contributed by atoms with van der Waals surface area (Å²) in [4.78, 5) is 16.8. The Bertz CT molecular complexity index is 1050. The molecule has 0 aromatic carbocycles. The first kappa shape index (κ1) is 22.2. The van der Waals surface area contributed by atoms with E-state index in [0.717, 1.165) is 19.4 Å². The maximum atomic E-state index is 12.8. The number of pyridine rings is 1. The molecule has 4 heterocycles. The van der Waals surface area contributed by atoms with Gasteiger partial charge in [-0.05, 0) is 43.7 Å². The Labute approximate surface area is 186 Å². The molecule has 0 aliphatic carbocycles. The maximum Gasteiger partial charge on any atom is 0.287 e. The van der Waals surface area contributed by atoms with E-state index in [0.29, 0.717) is 37.6 Å². The van der Waals surface area contributed by atoms with Crippen molar-refractivity contribution in [3.8, 4) is 0 Å². The van der Waals surface area contributed by atoms with E-state index in [-0.39, 0.29) is 34.7 Å². The molecule has 2 aromatic rings. The molecule has 11 heteroatoms. The smallest absolute Gasteiger partial charge is 0.287 e. The highest BCUT2D eigenvalue weighted by atomic mass is 35.5. The van der Waals surface area contributed by atoms with Gasteiger partial charge in [0.2, 0.25) is 0 Å². The molecule has 2 fully saturated rings. The van der Waals surface area contributed by atoms with Gasteiger partial charge in [-0.1, -0.05) is 17.7 Å². The van der Waals surface area contributed by atoms with Crippen molar-refractivity contribution in [1.29, 1.82) is 0 Å². The van der Waals surface area contributed by atoms with Crippen molar-refractivity contribution < 1.29 is 13.2 Å². The number of nitrogens with zero attached hydrogens (tertiary/aromatic N) is 4. The summed E-state index contributed by atoms with van der Waals surface area (Å²) >= 11 is 6.33. The molecule has 31 heavy (non-hydrogen) atoms. The van der Waals surface area contributed by atoms with Crippen molar-refractivity contribution in [3.63, 3.8) is 0 Å². The van der Waals surface area contributed by atoms with Crippen molar-refractivity contribution in [2.24, 2.45) is 5.92 Å². The fraction of sp³-hybridized carbons (Fsp3) is 0.550. The summed E-state index contributed by atoms with van der Waals surface area (Å²) in [5, 5.41) is 7.67. The van der Waals surface area contributed by atoms with Crippen LogP contribution in [0.1, 0.15) is 31.7 Å². The lowest BCUT2D eigenvalue weighted by atomic mass is 10.0. The molecular weight excluding hydrogens is 442 g/mol. The summed E-state index contributed by atoms with van der Waals surface area (Å²) < 4.78 is 33.7. The van der Waals surface area contributed by atoms with E-state index in [2.05, 4.69) is 15.4 Å². The van der Waals surface area contributed by atoms with Crippen LogP contribution in [-0.4, -0.2) is 60.3 Å². The third-order valence-electron chi connectivity index (χ3n) is 5.79. The van der Waals surface area contributed by atoms with Gasteiger partial charge < -0.3 is 10.1 Å². The van der Waals surface area contributed by atoms with Crippen LogP contribution in [0.2, 0.25) is 5.02 Å². The number of anilines is 1. The molecule has 2 saturated heterocycles. The van der Waals surface area contributed by atoms with Crippen LogP contribution in [0.15, 0.2) is 40.4 Å². The normalized spacial score (nSPS) is 21.1. The van der Waals surface area contributed by atoms with E-state index in [1.807, 2.05) is 0 Å². The fourth-order valence-electron chi connectivity index (χ4n) is 4.01. The highest BCUT2D eigenvalue weighted by molar-refractivity contribution is 7.89. The summed E-state index contributed by atoms with van der Waals surface area (Å²) in [5.74, 6) is 0.387. The predicted molar refractivity (Wildman–Crippen MR) is 117 cm³/mol. The lowest BCUT2D eigenvalue weighted by Crippen LogP contribution is -2.41. The first-order valence-electron chi connectivity index (χ1n) is 10.5. The third kappa shape index (κ3) is 4.92. The van der Waals surface area contributed by atoms with Crippen LogP contribution in [-0.2, 0) is 14.8 Å². The number of aromatic nitrogens is 3. The molecule has 2 aliphatic rings. The minimum Gasteiger partial charge on any atom is -0.382 e. The first-order chi connectivity index (χ1) is 15.0. The summed E-state index contributed by atoms with van der Waals surface area (Å²) in [6, 6.07) is 4.60. The van der Waals surface area contributed by atoms with Gasteiger partial charge in [0.15, 0.2) is 5.03 Å². The second-order valence-corrected chi connectivity index (χ2v) is 10.2. The topological polar surface area (TPSA) is 106 Å². The van der Waals surface area contributed by atoms with E-state index in [4.69, 9.17) is 16.3 Å². The largest absolute Gasteiger partial charge is 0.382 e. The van der Waals surface area contributed by atoms with Gasteiger partial charge in [0.05, 0.1) is 24.5 Å². The van der Waals surface area contributed by atoms with Gasteiger partial charge in [-0.25, -0.2) is 18.1 Å². The van der Waals surface area contributed by atoms with Gasteiger partial charge >= 0.3 is 0 Å². The van der Waals surface area contributed by atoms with Gasteiger partial charge in [0, 0.05) is 32.4 Å². The molecule has 0 spiro atoms. The third-order valence-corrected chi connectivity index (χ3v) is 7.97. The second kappa shape index (κ2) is 9.64. The van der Waals surface area contributed by atoms with Gasteiger partial charge in [-0.3, -0.25) is 4.79 Å². The number of nitrogens with one attached hydrogen (secondary N) is 1. The SMILES string of the molecule is O=c1c(Cl)c(NC[C@H]2CCCOC2)cnn1C1CCN(S(=O)(=O)c2ccccn2)CC1. The summed E-state index contributed by atoms with van der Waals surface area (Å²) in [5.41, 5.74) is 0.154. The lowest BCUT2D eigenvalue weighted by molar-refractivity contribution is 0.0595. The van der Waals surface area contributed by atoms with Crippen LogP contribution in [0.25, 0.3) is 0 Å². The number of piperidine rings is 1. The number of rotatable bonds is 6. The van der Waals surface area contributed by atoms with Gasteiger partial charge in [-0.15, -0.1) is 0 Å². The van der Waals surface area contributed by atoms with Crippen molar-refractivity contribution in [2.75, 3.05) is 38.2 Å². The Hall–Kier alpha value is -2.01. The number of ether oxygens (including phenoxy) is 1. The van der Waals surface area contributed by atoms with Crippen molar-refractivity contribution >= 4 is 27.3 Å². The molecule has 168 valence electrons. The number of hydrogen-bond acceptors (Lipinski definition) is 7. The van der Waals surface area contributed by atoms with Crippen LogP contribution >= 0.6 is 11.6 Å². The van der Waals surface area contributed by atoms with E-state index >= 15 is 0 Å². The number of halogens is 1. The van der Waals surface area contributed by atoms with Crippen molar-refractivity contribution in [2.45, 2.75) is 36.8 Å². The van der Waals surface area contributed by atoms with Crippen LogP contribution in [0.4, 0.5) is 5.69 Å². The van der Waals surface area contributed by atoms with E-state index in [1.54, 1.807) is 18.3 Å². The van der Waals surface area contributed by atoms with Gasteiger partial charge in [0.1, 0.15) is 5.02 Å². The maximum absolute atomic E-state index is 12.8. The second-order valence-electron chi connectivity index (χ2n) is 7.89. The van der Waals surface area contributed by atoms with E-state index in [9.17, 15) is 13.2 Å². The average molecular weight is 468 g/mol. The Morgan fingerprint density at radius 2 is 2.03 bits per heavy atom. The molecule has 0 amide bonds. The standard InChI is InChI=1S/C20H26ClN5O4S/c21-19-17(23-12-15-4-3-11-30-14-15)13-24-26(20(19)27)16-6-9-25(10-7-16)31(28,29)18-5-1-2-8-22-18/h1-2,5,8,13,15-16,23H,3-4,6-7,9-12,14H2/t15-/m1/s1. The molecular formula is C20H26ClN5O4S. The minimum atomic E-state index is -3.64. The zero-order valence-electron chi connectivity index (χ0n) is 17.1. The predicted octanol–water partition coefficient (Wildman–Crippen LogP) is 2.16. The number of sulfonamides is 1. The van der Waals surface area contributed by atoms with Crippen LogP contribution in [0.3, 0.4) is 0 Å². The Morgan fingerprint density at radius 3 is 2.71 bits per heavy atom. The number of hydrogen-bond donors (Lipinski definition) is 1. The zero-order chi connectivity index (χ0) is 21.8. The Balaban J connectivity index is 1.40. The van der Waals surface area contributed by atoms with Crippen molar-refractivity contribution in [1.82, 2.24) is 19.1 Å². The van der Waals surface area contributed by atoms with Crippen molar-refractivity contribution in [3.05, 3.63) is 46.0 Å². The highest BCUT2D eigenvalue weighted by Gasteiger charge is 2.31. The Kier molecular flexibility index (Phi) is 6.90. The zero-order valence-corrected chi connectivity index (χ0v) is 18.7. The average Bonchev–Trinajstić information content (AvgIpc) is 2.81. The molecule has 0 unspecified atom stereocenters. The summed E-state index contributed by atoms with van der Waals surface area (Å²) in [7, 11) is -3.64. The van der Waals surface area contributed by atoms with Crippen LogP contribution in [0.5, 0.6) is 0 Å². The first-order valence-corrected chi connectivity index (χ1v) is 12.3. The summed E-state index contributed by atoms with van der Waals surface area (Å²) in [6.07, 6.45) is 6.10. The Morgan fingerprint density at radius 1 is 1.23 bits per heavy atom. The molecule has 1 atom stereocenters. The van der Waals surface area contributed by atoms with Gasteiger partial charge in [0.25, 0.3) is 15.6 Å². The molecule has 2 aromatic heterocycles. The van der Waals surface area contributed by atoms with Crippen LogP contribution in [0, 0.1) is 5.92 Å². The fourth-order valence-corrected chi connectivity index (χ4v) is 5.61. The van der Waals surface area contributed by atoms with Crippen LogP contribution < -0.4 is 10.9 Å². The van der Waals surface area contributed by atoms with Gasteiger partial charge in [-0.2, -0.15) is 9.40 Å². The molecule has 0 radical (unpaired) electrons. The lowest BCUT2D eigenvalue weighted by Gasteiger charge is -2.31. The van der Waals surface area contributed by atoms with E-state index < -0.39 is 10.0 Å². The summed E-state index contributed by atoms with van der Waals surface area (Å²) in [6.45, 7) is 2.76. The quantitative estimate of drug-likeness (QED) is 0.693. The molecule has 4 rings (SSSR count). The minimum absolute atomic E-state index is 0.0329. The molecule has 9 nitrogen and oxygen atoms in total.